The van der Waals surface area contributed by atoms with Crippen molar-refractivity contribution in [1.29, 1.82) is 0 Å². The fourth-order valence-corrected chi connectivity index (χ4v) is 1.36. The molecule has 0 saturated carbocycles. The first kappa shape index (κ1) is 8.25. The van der Waals surface area contributed by atoms with Crippen LogP contribution in [0.4, 0.5) is 0 Å². The number of carbonyl (C=O) groups is 1. The molecule has 1 aliphatic rings. The summed E-state index contributed by atoms with van der Waals surface area (Å²) in [6.45, 7) is 3.22. The molecule has 1 aromatic heterocycles. The number of rotatable bonds is 1. The van der Waals surface area contributed by atoms with Gasteiger partial charge in [0.15, 0.2) is 0 Å². The van der Waals surface area contributed by atoms with Crippen molar-refractivity contribution in [2.24, 2.45) is 0 Å². The second-order valence-corrected chi connectivity index (χ2v) is 2.96. The highest BCUT2D eigenvalue weighted by Crippen LogP contribution is 2.04. The van der Waals surface area contributed by atoms with Gasteiger partial charge in [-0.25, -0.2) is 0 Å². The van der Waals surface area contributed by atoms with E-state index in [1.165, 1.54) is 12.5 Å². The maximum absolute atomic E-state index is 11.7. The van der Waals surface area contributed by atoms with Crippen LogP contribution in [-0.2, 0) is 0 Å². The van der Waals surface area contributed by atoms with Gasteiger partial charge in [0.25, 0.3) is 5.91 Å². The van der Waals surface area contributed by atoms with Crippen LogP contribution in [0, 0.1) is 0 Å². The van der Waals surface area contributed by atoms with E-state index in [4.69, 9.17) is 0 Å². The Morgan fingerprint density at radius 2 is 2.31 bits per heavy atom. The summed E-state index contributed by atoms with van der Waals surface area (Å²) >= 11 is 0. The zero-order valence-corrected chi connectivity index (χ0v) is 7.19. The Hall–Kier alpha value is -1.36. The molecule has 1 aliphatic heterocycles. The second-order valence-electron chi connectivity index (χ2n) is 2.96. The SMILES string of the molecule is O=C(c1cnoc1)N1CCNCC1. The molecule has 0 aliphatic carbocycles. The Balaban J connectivity index is 2.04. The first-order valence-electron chi connectivity index (χ1n) is 4.27. The smallest absolute Gasteiger partial charge is 0.258 e. The van der Waals surface area contributed by atoms with Gasteiger partial charge in [-0.15, -0.1) is 0 Å². The van der Waals surface area contributed by atoms with Crippen LogP contribution in [0.3, 0.4) is 0 Å². The largest absolute Gasteiger partial charge is 0.364 e. The van der Waals surface area contributed by atoms with Crippen LogP contribution in [0.15, 0.2) is 17.0 Å². The Morgan fingerprint density at radius 3 is 2.92 bits per heavy atom. The minimum absolute atomic E-state index is 0.00255. The number of hydrogen-bond donors (Lipinski definition) is 1. The van der Waals surface area contributed by atoms with Gasteiger partial charge in [0.1, 0.15) is 6.26 Å². The second kappa shape index (κ2) is 3.57. The third-order valence-electron chi connectivity index (χ3n) is 2.08. The van der Waals surface area contributed by atoms with Crippen molar-refractivity contribution in [3.63, 3.8) is 0 Å². The minimum Gasteiger partial charge on any atom is -0.364 e. The summed E-state index contributed by atoms with van der Waals surface area (Å²) in [6.07, 6.45) is 2.83. The topological polar surface area (TPSA) is 58.4 Å². The summed E-state index contributed by atoms with van der Waals surface area (Å²) < 4.78 is 4.61. The Kier molecular flexibility index (Phi) is 2.27. The summed E-state index contributed by atoms with van der Waals surface area (Å²) in [6, 6.07) is 0. The quantitative estimate of drug-likeness (QED) is 0.647. The van der Waals surface area contributed by atoms with Gasteiger partial charge in [-0.3, -0.25) is 4.79 Å². The van der Waals surface area contributed by atoms with Crippen molar-refractivity contribution in [3.8, 4) is 0 Å². The average molecular weight is 181 g/mol. The van der Waals surface area contributed by atoms with Crippen LogP contribution in [0.2, 0.25) is 0 Å². The van der Waals surface area contributed by atoms with Crippen LogP contribution in [0.25, 0.3) is 0 Å². The van der Waals surface area contributed by atoms with E-state index in [0.717, 1.165) is 26.2 Å². The van der Waals surface area contributed by atoms with Crippen LogP contribution in [0.5, 0.6) is 0 Å². The van der Waals surface area contributed by atoms with E-state index in [-0.39, 0.29) is 5.91 Å². The Labute approximate surface area is 75.7 Å². The van der Waals surface area contributed by atoms with Crippen molar-refractivity contribution in [1.82, 2.24) is 15.4 Å². The molecule has 13 heavy (non-hydrogen) atoms. The predicted octanol–water partition coefficient (Wildman–Crippen LogP) is -0.280. The lowest BCUT2D eigenvalue weighted by Gasteiger charge is -2.26. The molecule has 0 atom stereocenters. The molecule has 2 rings (SSSR count). The van der Waals surface area contributed by atoms with Crippen LogP contribution >= 0.6 is 0 Å². The van der Waals surface area contributed by atoms with E-state index in [1.54, 1.807) is 4.90 Å². The molecule has 1 aromatic rings. The summed E-state index contributed by atoms with van der Waals surface area (Å²) in [5, 5.41) is 6.68. The maximum Gasteiger partial charge on any atom is 0.258 e. The molecular formula is C8H11N3O2. The number of nitrogens with one attached hydrogen (secondary N) is 1. The van der Waals surface area contributed by atoms with Gasteiger partial charge in [0, 0.05) is 26.2 Å². The fraction of sp³-hybridized carbons (Fsp3) is 0.500. The number of hydrogen-bond acceptors (Lipinski definition) is 4. The minimum atomic E-state index is 0.00255. The summed E-state index contributed by atoms with van der Waals surface area (Å²) in [4.78, 5) is 13.5. The molecule has 1 saturated heterocycles. The molecule has 5 heteroatoms. The van der Waals surface area contributed by atoms with Gasteiger partial charge >= 0.3 is 0 Å². The monoisotopic (exact) mass is 181 g/mol. The lowest BCUT2D eigenvalue weighted by molar-refractivity contribution is 0.0735. The summed E-state index contributed by atoms with van der Waals surface area (Å²) in [7, 11) is 0. The molecule has 70 valence electrons. The fourth-order valence-electron chi connectivity index (χ4n) is 1.36. The van der Waals surface area contributed by atoms with E-state index >= 15 is 0 Å². The zero-order valence-electron chi connectivity index (χ0n) is 7.19. The molecule has 1 N–H and O–H groups in total. The Morgan fingerprint density at radius 1 is 1.54 bits per heavy atom. The molecular weight excluding hydrogens is 170 g/mol. The number of amides is 1. The summed E-state index contributed by atoms with van der Waals surface area (Å²) in [5.74, 6) is 0.00255. The molecule has 2 heterocycles. The molecule has 1 fully saturated rings. The predicted molar refractivity (Wildman–Crippen MR) is 45.3 cm³/mol. The third kappa shape index (κ3) is 1.70. The average Bonchev–Trinajstić information content (AvgIpc) is 2.71. The molecule has 0 unspecified atom stereocenters. The van der Waals surface area contributed by atoms with Gasteiger partial charge in [0.05, 0.1) is 11.8 Å². The molecule has 5 nitrogen and oxygen atoms in total. The maximum atomic E-state index is 11.7. The van der Waals surface area contributed by atoms with Crippen molar-refractivity contribution in [3.05, 3.63) is 18.0 Å². The van der Waals surface area contributed by atoms with Crippen molar-refractivity contribution in [2.45, 2.75) is 0 Å². The highest BCUT2D eigenvalue weighted by atomic mass is 16.5. The van der Waals surface area contributed by atoms with Crippen LogP contribution < -0.4 is 5.32 Å². The standard InChI is InChI=1S/C8H11N3O2/c12-8(7-5-10-13-6-7)11-3-1-9-2-4-11/h5-6,9H,1-4H2. The van der Waals surface area contributed by atoms with Crippen molar-refractivity contribution in [2.75, 3.05) is 26.2 Å². The molecule has 0 aromatic carbocycles. The number of aromatic nitrogens is 1. The first-order valence-corrected chi connectivity index (χ1v) is 4.27. The lowest BCUT2D eigenvalue weighted by Crippen LogP contribution is -2.46. The van der Waals surface area contributed by atoms with E-state index in [0.29, 0.717) is 5.56 Å². The van der Waals surface area contributed by atoms with Gasteiger partial charge in [-0.2, -0.15) is 0 Å². The molecule has 0 spiro atoms. The highest BCUT2D eigenvalue weighted by Gasteiger charge is 2.18. The van der Waals surface area contributed by atoms with Gasteiger partial charge in [-0.05, 0) is 0 Å². The van der Waals surface area contributed by atoms with E-state index in [1.807, 2.05) is 0 Å². The molecule has 1 amide bonds. The number of nitrogens with zero attached hydrogens (tertiary/aromatic N) is 2. The Bertz CT molecular complexity index is 278. The van der Waals surface area contributed by atoms with E-state index in [2.05, 4.69) is 15.0 Å². The van der Waals surface area contributed by atoms with Gasteiger partial charge in [-0.1, -0.05) is 5.16 Å². The van der Waals surface area contributed by atoms with Crippen molar-refractivity contribution < 1.29 is 9.32 Å². The normalized spacial score (nSPS) is 17.4. The number of piperazine rings is 1. The first-order chi connectivity index (χ1) is 6.38. The molecule has 0 bridgehead atoms. The highest BCUT2D eigenvalue weighted by molar-refractivity contribution is 5.93. The number of carbonyl (C=O) groups excluding carboxylic acids is 1. The van der Waals surface area contributed by atoms with Crippen LogP contribution in [-0.4, -0.2) is 42.1 Å². The van der Waals surface area contributed by atoms with E-state index < -0.39 is 0 Å². The molecule has 0 radical (unpaired) electrons. The lowest BCUT2D eigenvalue weighted by atomic mass is 10.3. The zero-order chi connectivity index (χ0) is 9.10. The van der Waals surface area contributed by atoms with E-state index in [9.17, 15) is 4.79 Å². The van der Waals surface area contributed by atoms with Crippen molar-refractivity contribution >= 4 is 5.91 Å². The van der Waals surface area contributed by atoms with Gasteiger partial charge in [0.2, 0.25) is 0 Å². The third-order valence-corrected chi connectivity index (χ3v) is 2.08. The van der Waals surface area contributed by atoms with Crippen LogP contribution in [0.1, 0.15) is 10.4 Å². The van der Waals surface area contributed by atoms with Gasteiger partial charge < -0.3 is 14.7 Å². The summed E-state index contributed by atoms with van der Waals surface area (Å²) in [5.41, 5.74) is 0.530.